The largest absolute Gasteiger partial charge is 0.368 e. The maximum absolute atomic E-state index is 12.9. The molecule has 2 aromatic rings. The molecule has 7 heteroatoms. The number of piperidine rings is 1. The Bertz CT molecular complexity index is 778. The van der Waals surface area contributed by atoms with Crippen molar-refractivity contribution < 1.29 is 4.79 Å². The number of para-hydroxylation sites is 1. The van der Waals surface area contributed by atoms with Crippen molar-refractivity contribution in [2.24, 2.45) is 0 Å². The molecule has 4 rings (SSSR count). The van der Waals surface area contributed by atoms with Crippen LogP contribution in [0.2, 0.25) is 0 Å². The molecule has 2 saturated heterocycles. The van der Waals surface area contributed by atoms with Gasteiger partial charge in [-0.1, -0.05) is 18.2 Å². The predicted octanol–water partition coefficient (Wildman–Crippen LogP) is 1.73. The van der Waals surface area contributed by atoms with Crippen LogP contribution in [0, 0.1) is 0 Å². The van der Waals surface area contributed by atoms with E-state index < -0.39 is 0 Å². The Labute approximate surface area is 172 Å². The van der Waals surface area contributed by atoms with E-state index in [9.17, 15) is 4.79 Å². The fourth-order valence-electron chi connectivity index (χ4n) is 4.27. The summed E-state index contributed by atoms with van der Waals surface area (Å²) in [6.45, 7) is 5.75. The molecule has 2 fully saturated rings. The standard InChI is InChI=1S/C22H30N6O/c1-25(22-23-10-6-11-24-22)20-9-5-12-26(17-20)18-21(29)28-15-13-27(14-16-28)19-7-3-2-4-8-19/h2-4,6-8,10-11,20H,5,9,12-18H2,1H3. The van der Waals surface area contributed by atoms with Gasteiger partial charge in [-0.25, -0.2) is 9.97 Å². The second-order valence-electron chi connectivity index (χ2n) is 7.89. The third-order valence-corrected chi connectivity index (χ3v) is 6.01. The molecule has 0 aliphatic carbocycles. The minimum atomic E-state index is 0.247. The highest BCUT2D eigenvalue weighted by molar-refractivity contribution is 5.78. The fraction of sp³-hybridized carbons (Fsp3) is 0.500. The number of carbonyl (C=O) groups is 1. The van der Waals surface area contributed by atoms with Crippen LogP contribution in [-0.4, -0.2) is 84.6 Å². The zero-order valence-corrected chi connectivity index (χ0v) is 17.2. The van der Waals surface area contributed by atoms with Crippen molar-refractivity contribution in [1.82, 2.24) is 19.8 Å². The Morgan fingerprint density at radius 1 is 1.03 bits per heavy atom. The van der Waals surface area contributed by atoms with E-state index in [1.54, 1.807) is 12.4 Å². The molecule has 7 nitrogen and oxygen atoms in total. The van der Waals surface area contributed by atoms with Crippen LogP contribution in [0.1, 0.15) is 12.8 Å². The zero-order chi connectivity index (χ0) is 20.1. The summed E-state index contributed by atoms with van der Waals surface area (Å²) in [7, 11) is 2.05. The number of rotatable bonds is 5. The van der Waals surface area contributed by atoms with Crippen LogP contribution in [0.4, 0.5) is 11.6 Å². The second-order valence-corrected chi connectivity index (χ2v) is 7.89. The predicted molar refractivity (Wildman–Crippen MR) is 115 cm³/mol. The number of piperazine rings is 1. The van der Waals surface area contributed by atoms with Gasteiger partial charge in [0.25, 0.3) is 0 Å². The average molecular weight is 395 g/mol. The van der Waals surface area contributed by atoms with E-state index >= 15 is 0 Å². The number of anilines is 2. The van der Waals surface area contributed by atoms with Gasteiger partial charge >= 0.3 is 0 Å². The highest BCUT2D eigenvalue weighted by Crippen LogP contribution is 2.19. The maximum Gasteiger partial charge on any atom is 0.236 e. The molecular formula is C22H30N6O. The summed E-state index contributed by atoms with van der Waals surface area (Å²) < 4.78 is 0. The molecule has 1 unspecified atom stereocenters. The van der Waals surface area contributed by atoms with E-state index in [4.69, 9.17) is 0 Å². The summed E-state index contributed by atoms with van der Waals surface area (Å²) in [4.78, 5) is 30.4. The summed E-state index contributed by atoms with van der Waals surface area (Å²) in [5.74, 6) is 1.000. The monoisotopic (exact) mass is 394 g/mol. The first-order valence-electron chi connectivity index (χ1n) is 10.5. The molecule has 2 aliphatic heterocycles. The Balaban J connectivity index is 1.27. The fourth-order valence-corrected chi connectivity index (χ4v) is 4.27. The van der Waals surface area contributed by atoms with Crippen molar-refractivity contribution in [2.75, 3.05) is 62.7 Å². The van der Waals surface area contributed by atoms with Crippen LogP contribution >= 0.6 is 0 Å². The molecule has 29 heavy (non-hydrogen) atoms. The molecule has 2 aliphatic rings. The van der Waals surface area contributed by atoms with Gasteiger partial charge in [-0.05, 0) is 37.6 Å². The van der Waals surface area contributed by atoms with E-state index in [1.165, 1.54) is 5.69 Å². The smallest absolute Gasteiger partial charge is 0.236 e. The Morgan fingerprint density at radius 3 is 2.48 bits per heavy atom. The molecule has 0 bridgehead atoms. The lowest BCUT2D eigenvalue weighted by atomic mass is 10.0. The highest BCUT2D eigenvalue weighted by Gasteiger charge is 2.28. The van der Waals surface area contributed by atoms with E-state index in [0.29, 0.717) is 12.6 Å². The van der Waals surface area contributed by atoms with E-state index in [-0.39, 0.29) is 5.91 Å². The van der Waals surface area contributed by atoms with Crippen molar-refractivity contribution >= 4 is 17.5 Å². The summed E-state index contributed by atoms with van der Waals surface area (Å²) in [5, 5.41) is 0. The van der Waals surface area contributed by atoms with Gasteiger partial charge < -0.3 is 14.7 Å². The van der Waals surface area contributed by atoms with Gasteiger partial charge in [0.05, 0.1) is 6.54 Å². The Hall–Kier alpha value is -2.67. The molecule has 3 heterocycles. The van der Waals surface area contributed by atoms with Crippen LogP contribution in [0.5, 0.6) is 0 Å². The number of nitrogens with zero attached hydrogens (tertiary/aromatic N) is 6. The molecule has 1 aromatic carbocycles. The van der Waals surface area contributed by atoms with Gasteiger partial charge in [-0.3, -0.25) is 9.69 Å². The van der Waals surface area contributed by atoms with Crippen molar-refractivity contribution in [3.05, 3.63) is 48.8 Å². The van der Waals surface area contributed by atoms with Crippen LogP contribution in [-0.2, 0) is 4.79 Å². The average Bonchev–Trinajstić information content (AvgIpc) is 2.80. The zero-order valence-electron chi connectivity index (χ0n) is 17.2. The number of benzene rings is 1. The first-order valence-corrected chi connectivity index (χ1v) is 10.5. The van der Waals surface area contributed by atoms with Crippen molar-refractivity contribution in [1.29, 1.82) is 0 Å². The molecule has 0 saturated carbocycles. The highest BCUT2D eigenvalue weighted by atomic mass is 16.2. The lowest BCUT2D eigenvalue weighted by Crippen LogP contribution is -2.53. The van der Waals surface area contributed by atoms with Crippen LogP contribution in [0.3, 0.4) is 0 Å². The molecular weight excluding hydrogens is 364 g/mol. The molecule has 1 atom stereocenters. The lowest BCUT2D eigenvalue weighted by Gasteiger charge is -2.39. The second kappa shape index (κ2) is 9.22. The molecule has 0 N–H and O–H groups in total. The summed E-state index contributed by atoms with van der Waals surface area (Å²) in [6, 6.07) is 12.6. The van der Waals surface area contributed by atoms with E-state index in [1.807, 2.05) is 24.1 Å². The van der Waals surface area contributed by atoms with Crippen LogP contribution in [0.15, 0.2) is 48.8 Å². The molecule has 0 radical (unpaired) electrons. The third-order valence-electron chi connectivity index (χ3n) is 6.01. The van der Waals surface area contributed by atoms with Gasteiger partial charge in [-0.15, -0.1) is 0 Å². The number of hydrogen-bond acceptors (Lipinski definition) is 6. The number of aromatic nitrogens is 2. The SMILES string of the molecule is CN(c1ncccn1)C1CCCN(CC(=O)N2CCN(c3ccccc3)CC2)C1. The topological polar surface area (TPSA) is 55.8 Å². The minimum Gasteiger partial charge on any atom is -0.368 e. The van der Waals surface area contributed by atoms with Crippen molar-refractivity contribution in [3.8, 4) is 0 Å². The van der Waals surface area contributed by atoms with Crippen LogP contribution < -0.4 is 9.80 Å². The van der Waals surface area contributed by atoms with Crippen molar-refractivity contribution in [3.63, 3.8) is 0 Å². The van der Waals surface area contributed by atoms with Gasteiger partial charge in [0.2, 0.25) is 11.9 Å². The van der Waals surface area contributed by atoms with Gasteiger partial charge in [0.1, 0.15) is 0 Å². The van der Waals surface area contributed by atoms with E-state index in [0.717, 1.165) is 58.1 Å². The van der Waals surface area contributed by atoms with Gasteiger partial charge in [0, 0.05) is 63.9 Å². The lowest BCUT2D eigenvalue weighted by molar-refractivity contribution is -0.133. The minimum absolute atomic E-state index is 0.247. The number of likely N-dealkylation sites (N-methyl/N-ethyl adjacent to an activating group) is 1. The third kappa shape index (κ3) is 4.85. The summed E-state index contributed by atoms with van der Waals surface area (Å²) in [5.41, 5.74) is 1.24. The quantitative estimate of drug-likeness (QED) is 0.770. The van der Waals surface area contributed by atoms with Crippen LogP contribution in [0.25, 0.3) is 0 Å². The molecule has 0 spiro atoms. The summed E-state index contributed by atoms with van der Waals surface area (Å²) >= 11 is 0. The van der Waals surface area contributed by atoms with Gasteiger partial charge in [-0.2, -0.15) is 0 Å². The Morgan fingerprint density at radius 2 is 1.76 bits per heavy atom. The van der Waals surface area contributed by atoms with Gasteiger partial charge in [0.15, 0.2) is 0 Å². The normalized spacial score (nSPS) is 20.5. The first kappa shape index (κ1) is 19.6. The molecule has 1 amide bonds. The number of amides is 1. The summed E-state index contributed by atoms with van der Waals surface area (Å²) in [6.07, 6.45) is 5.75. The number of likely N-dealkylation sites (tertiary alicyclic amines) is 1. The maximum atomic E-state index is 12.9. The number of carbonyl (C=O) groups excluding carboxylic acids is 1. The first-order chi connectivity index (χ1) is 14.2. The Kier molecular flexibility index (Phi) is 6.24. The molecule has 1 aromatic heterocycles. The van der Waals surface area contributed by atoms with Crippen molar-refractivity contribution in [2.45, 2.75) is 18.9 Å². The number of hydrogen-bond donors (Lipinski definition) is 0. The molecule has 154 valence electrons. The van der Waals surface area contributed by atoms with E-state index in [2.05, 4.69) is 48.9 Å².